The molecule has 90 valence electrons. The Morgan fingerprint density at radius 1 is 1.31 bits per heavy atom. The molecule has 1 aromatic rings. The Hall–Kier alpha value is -1.08. The third kappa shape index (κ3) is 3.82. The van der Waals surface area contributed by atoms with Gasteiger partial charge in [0.15, 0.2) is 0 Å². The molecule has 0 atom stereocenters. The van der Waals surface area contributed by atoms with Crippen molar-refractivity contribution in [1.82, 2.24) is 0 Å². The lowest BCUT2D eigenvalue weighted by Crippen LogP contribution is -2.11. The van der Waals surface area contributed by atoms with Gasteiger partial charge in [0.05, 0.1) is 11.4 Å². The van der Waals surface area contributed by atoms with E-state index in [0.29, 0.717) is 10.6 Å². The van der Waals surface area contributed by atoms with Gasteiger partial charge >= 0.3 is 6.36 Å². The Labute approximate surface area is 95.6 Å². The molecular formula is C9H11F3N2OS. The fraction of sp³-hybridized carbons (Fsp3) is 0.333. The van der Waals surface area contributed by atoms with Gasteiger partial charge in [-0.2, -0.15) is 0 Å². The lowest BCUT2D eigenvalue weighted by Gasteiger charge is -2.15. The monoisotopic (exact) mass is 252 g/mol. The number of hydrogen-bond acceptors (Lipinski definition) is 4. The summed E-state index contributed by atoms with van der Waals surface area (Å²) in [6.07, 6.45) is -4.65. The third-order valence-corrected chi connectivity index (χ3v) is 2.43. The molecule has 0 heterocycles. The number of alkyl halides is 3. The standard InChI is InChI=1S/C9H11F3N2OS/c1-14(2)8-4-3-6(5-7(8)13)16-15-9(10,11)12/h3-5H,13H2,1-2H3. The predicted octanol–water partition coefficient (Wildman–Crippen LogP) is 2.88. The summed E-state index contributed by atoms with van der Waals surface area (Å²) in [5.41, 5.74) is 6.82. The van der Waals surface area contributed by atoms with Gasteiger partial charge in [0.1, 0.15) is 0 Å². The number of anilines is 2. The van der Waals surface area contributed by atoms with Crippen molar-refractivity contribution in [3.8, 4) is 0 Å². The van der Waals surface area contributed by atoms with Gasteiger partial charge in [-0.1, -0.05) is 0 Å². The van der Waals surface area contributed by atoms with Crippen LogP contribution in [0.4, 0.5) is 24.5 Å². The van der Waals surface area contributed by atoms with Gasteiger partial charge in [-0.15, -0.1) is 13.2 Å². The number of benzene rings is 1. The smallest absolute Gasteiger partial charge is 0.397 e. The van der Waals surface area contributed by atoms with Gasteiger partial charge < -0.3 is 10.6 Å². The van der Waals surface area contributed by atoms with Crippen LogP contribution in [0.1, 0.15) is 0 Å². The predicted molar refractivity (Wildman–Crippen MR) is 58.2 cm³/mol. The lowest BCUT2D eigenvalue weighted by atomic mass is 10.2. The van der Waals surface area contributed by atoms with Crippen LogP contribution >= 0.6 is 12.0 Å². The van der Waals surface area contributed by atoms with Gasteiger partial charge in [0.2, 0.25) is 0 Å². The third-order valence-electron chi connectivity index (χ3n) is 1.71. The second kappa shape index (κ2) is 4.84. The highest BCUT2D eigenvalue weighted by Gasteiger charge is 2.30. The number of halogens is 3. The second-order valence-corrected chi connectivity index (χ2v) is 4.03. The first-order valence-corrected chi connectivity index (χ1v) is 5.03. The summed E-state index contributed by atoms with van der Waals surface area (Å²) in [4.78, 5) is 2.08. The van der Waals surface area contributed by atoms with Crippen LogP contribution in [0.15, 0.2) is 23.1 Å². The van der Waals surface area contributed by atoms with Crippen LogP contribution in [0.25, 0.3) is 0 Å². The highest BCUT2D eigenvalue weighted by molar-refractivity contribution is 7.94. The molecule has 0 amide bonds. The summed E-state index contributed by atoms with van der Waals surface area (Å²) in [7, 11) is 3.59. The van der Waals surface area contributed by atoms with E-state index in [1.54, 1.807) is 25.1 Å². The Morgan fingerprint density at radius 3 is 2.38 bits per heavy atom. The number of nitrogens with zero attached hydrogens (tertiary/aromatic N) is 1. The highest BCUT2D eigenvalue weighted by atomic mass is 32.2. The van der Waals surface area contributed by atoms with Crippen LogP contribution < -0.4 is 10.6 Å². The first kappa shape index (κ1) is 13.0. The topological polar surface area (TPSA) is 38.5 Å². The maximum atomic E-state index is 11.8. The zero-order valence-electron chi connectivity index (χ0n) is 8.71. The van der Waals surface area contributed by atoms with Gasteiger partial charge in [-0.05, 0) is 18.2 Å². The lowest BCUT2D eigenvalue weighted by molar-refractivity contribution is -0.266. The minimum absolute atomic E-state index is 0.238. The van der Waals surface area contributed by atoms with Crippen molar-refractivity contribution in [2.24, 2.45) is 0 Å². The average Bonchev–Trinajstić information content (AvgIpc) is 2.13. The van der Waals surface area contributed by atoms with Crippen molar-refractivity contribution in [3.63, 3.8) is 0 Å². The van der Waals surface area contributed by atoms with Gasteiger partial charge in [0, 0.05) is 31.0 Å². The van der Waals surface area contributed by atoms with Crippen LogP contribution in [0.5, 0.6) is 0 Å². The van der Waals surface area contributed by atoms with Crippen molar-refractivity contribution in [3.05, 3.63) is 18.2 Å². The molecule has 0 radical (unpaired) electrons. The summed E-state index contributed by atoms with van der Waals surface area (Å²) in [5, 5.41) is 0. The highest BCUT2D eigenvalue weighted by Crippen LogP contribution is 2.32. The number of nitrogen functional groups attached to an aromatic ring is 1. The molecule has 1 rings (SSSR count). The zero-order chi connectivity index (χ0) is 12.3. The molecule has 1 aromatic carbocycles. The number of nitrogens with two attached hydrogens (primary N) is 1. The molecule has 0 aliphatic carbocycles. The van der Waals surface area contributed by atoms with E-state index in [9.17, 15) is 13.2 Å². The Morgan fingerprint density at radius 2 is 1.94 bits per heavy atom. The molecule has 0 saturated carbocycles. The molecule has 0 unspecified atom stereocenters. The van der Waals surface area contributed by atoms with E-state index in [4.69, 9.17) is 5.73 Å². The van der Waals surface area contributed by atoms with Gasteiger partial charge in [-0.3, -0.25) is 0 Å². The Balaban J connectivity index is 2.74. The van der Waals surface area contributed by atoms with E-state index in [1.165, 1.54) is 12.1 Å². The fourth-order valence-corrected chi connectivity index (χ4v) is 1.58. The molecule has 0 bridgehead atoms. The molecule has 0 spiro atoms. The Bertz CT molecular complexity index is 368. The maximum absolute atomic E-state index is 11.8. The van der Waals surface area contributed by atoms with Crippen molar-refractivity contribution in [1.29, 1.82) is 0 Å². The van der Waals surface area contributed by atoms with Gasteiger partial charge in [-0.25, -0.2) is 4.18 Å². The zero-order valence-corrected chi connectivity index (χ0v) is 9.52. The first-order chi connectivity index (χ1) is 7.29. The SMILES string of the molecule is CN(C)c1ccc(SOC(F)(F)F)cc1N. The van der Waals surface area contributed by atoms with E-state index in [0.717, 1.165) is 5.69 Å². The summed E-state index contributed by atoms with van der Waals surface area (Å²) < 4.78 is 38.9. The quantitative estimate of drug-likeness (QED) is 0.663. The molecule has 7 heteroatoms. The Kier molecular flexibility index (Phi) is 3.93. The van der Waals surface area contributed by atoms with E-state index in [2.05, 4.69) is 4.18 Å². The fourth-order valence-electron chi connectivity index (χ4n) is 1.09. The molecule has 0 saturated heterocycles. The molecule has 0 aliphatic heterocycles. The van der Waals surface area contributed by atoms with Crippen molar-refractivity contribution in [2.75, 3.05) is 24.7 Å². The van der Waals surface area contributed by atoms with Crippen molar-refractivity contribution < 1.29 is 17.4 Å². The van der Waals surface area contributed by atoms with Crippen LogP contribution in [-0.2, 0) is 4.18 Å². The molecule has 2 N–H and O–H groups in total. The summed E-state index contributed by atoms with van der Waals surface area (Å²) >= 11 is 0.238. The number of rotatable bonds is 3. The molecule has 0 aliphatic rings. The maximum Gasteiger partial charge on any atom is 0.533 e. The largest absolute Gasteiger partial charge is 0.533 e. The van der Waals surface area contributed by atoms with Crippen molar-refractivity contribution >= 4 is 23.4 Å². The second-order valence-electron chi connectivity index (χ2n) is 3.23. The van der Waals surface area contributed by atoms with Crippen LogP contribution in [0, 0.1) is 0 Å². The summed E-state index contributed by atoms with van der Waals surface area (Å²) in [5.74, 6) is 0. The van der Waals surface area contributed by atoms with Gasteiger partial charge in [0.25, 0.3) is 0 Å². The molecule has 0 fully saturated rings. The van der Waals surface area contributed by atoms with E-state index >= 15 is 0 Å². The van der Waals surface area contributed by atoms with Crippen LogP contribution in [-0.4, -0.2) is 20.5 Å². The normalized spacial score (nSPS) is 11.6. The summed E-state index contributed by atoms with van der Waals surface area (Å²) in [6.45, 7) is 0. The van der Waals surface area contributed by atoms with E-state index in [-0.39, 0.29) is 12.0 Å². The molecule has 16 heavy (non-hydrogen) atoms. The molecule has 0 aromatic heterocycles. The van der Waals surface area contributed by atoms with Crippen LogP contribution in [0.3, 0.4) is 0 Å². The van der Waals surface area contributed by atoms with Crippen molar-refractivity contribution in [2.45, 2.75) is 11.3 Å². The first-order valence-electron chi connectivity index (χ1n) is 4.29. The van der Waals surface area contributed by atoms with E-state index in [1.807, 2.05) is 0 Å². The minimum Gasteiger partial charge on any atom is -0.397 e. The molecule has 3 nitrogen and oxygen atoms in total. The average molecular weight is 252 g/mol. The summed E-state index contributed by atoms with van der Waals surface area (Å²) in [6, 6.07) is 4.59. The van der Waals surface area contributed by atoms with Crippen LogP contribution in [0.2, 0.25) is 0 Å². The minimum atomic E-state index is -4.65. The van der Waals surface area contributed by atoms with E-state index < -0.39 is 6.36 Å². The molecular weight excluding hydrogens is 241 g/mol. The number of hydrogen-bond donors (Lipinski definition) is 1.